The molecule has 4 heteroatoms. The summed E-state index contributed by atoms with van der Waals surface area (Å²) < 4.78 is 13.9. The van der Waals surface area contributed by atoms with Gasteiger partial charge in [0.05, 0.1) is 0 Å². The Bertz CT molecular complexity index is 481. The molecular weight excluding hydrogens is 265 g/mol. The molecule has 0 amide bonds. The highest BCUT2D eigenvalue weighted by Gasteiger charge is 2.37. The van der Waals surface area contributed by atoms with E-state index in [-0.39, 0.29) is 11.4 Å². The molecule has 1 aromatic rings. The SMILES string of the molecule is CC(CN)(Cc1ccccc1F)N1CCN(C2CC2)CC1. The third-order valence-electron chi connectivity index (χ3n) is 5.11. The number of nitrogens with zero attached hydrogens (tertiary/aromatic N) is 2. The Morgan fingerprint density at radius 2 is 1.86 bits per heavy atom. The molecule has 1 aromatic carbocycles. The van der Waals surface area contributed by atoms with Crippen molar-refractivity contribution in [2.24, 2.45) is 5.73 Å². The van der Waals surface area contributed by atoms with Crippen LogP contribution in [0.15, 0.2) is 24.3 Å². The van der Waals surface area contributed by atoms with Crippen LogP contribution in [-0.4, -0.2) is 54.1 Å². The highest BCUT2D eigenvalue weighted by Crippen LogP contribution is 2.29. The minimum absolute atomic E-state index is 0.117. The van der Waals surface area contributed by atoms with Crippen LogP contribution >= 0.6 is 0 Å². The molecule has 21 heavy (non-hydrogen) atoms. The Hall–Kier alpha value is -0.970. The van der Waals surface area contributed by atoms with Crippen LogP contribution < -0.4 is 5.73 Å². The van der Waals surface area contributed by atoms with Crippen molar-refractivity contribution in [3.8, 4) is 0 Å². The first kappa shape index (κ1) is 14.9. The number of nitrogens with two attached hydrogens (primary N) is 1. The van der Waals surface area contributed by atoms with Gasteiger partial charge in [0.1, 0.15) is 5.82 Å². The fourth-order valence-electron chi connectivity index (χ4n) is 3.43. The molecule has 1 saturated carbocycles. The molecule has 2 N–H and O–H groups in total. The summed E-state index contributed by atoms with van der Waals surface area (Å²) >= 11 is 0. The first-order valence-corrected chi connectivity index (χ1v) is 8.05. The van der Waals surface area contributed by atoms with Crippen LogP contribution in [0.1, 0.15) is 25.3 Å². The number of hydrogen-bond acceptors (Lipinski definition) is 3. The predicted octanol–water partition coefficient (Wildman–Crippen LogP) is 1.87. The summed E-state index contributed by atoms with van der Waals surface area (Å²) in [6.45, 7) is 7.06. The van der Waals surface area contributed by atoms with Gasteiger partial charge >= 0.3 is 0 Å². The lowest BCUT2D eigenvalue weighted by atomic mass is 9.90. The molecule has 2 fully saturated rings. The maximum absolute atomic E-state index is 13.9. The molecule has 3 nitrogen and oxygen atoms in total. The molecule has 2 aliphatic rings. The fourth-order valence-corrected chi connectivity index (χ4v) is 3.43. The van der Waals surface area contributed by atoms with Gasteiger partial charge < -0.3 is 5.73 Å². The van der Waals surface area contributed by atoms with E-state index in [1.54, 1.807) is 6.07 Å². The molecule has 3 rings (SSSR count). The topological polar surface area (TPSA) is 32.5 Å². The minimum atomic E-state index is -0.155. The molecule has 1 heterocycles. The summed E-state index contributed by atoms with van der Waals surface area (Å²) in [4.78, 5) is 5.05. The Kier molecular flexibility index (Phi) is 4.29. The van der Waals surface area contributed by atoms with Gasteiger partial charge in [0.15, 0.2) is 0 Å². The number of piperazine rings is 1. The summed E-state index contributed by atoms with van der Waals surface area (Å²) in [6, 6.07) is 7.90. The fraction of sp³-hybridized carbons (Fsp3) is 0.647. The van der Waals surface area contributed by atoms with Crippen molar-refractivity contribution in [3.63, 3.8) is 0 Å². The van der Waals surface area contributed by atoms with Crippen molar-refractivity contribution in [3.05, 3.63) is 35.6 Å². The maximum Gasteiger partial charge on any atom is 0.126 e. The maximum atomic E-state index is 13.9. The molecule has 1 aliphatic carbocycles. The van der Waals surface area contributed by atoms with Gasteiger partial charge in [-0.1, -0.05) is 18.2 Å². The minimum Gasteiger partial charge on any atom is -0.329 e. The van der Waals surface area contributed by atoms with E-state index < -0.39 is 0 Å². The predicted molar refractivity (Wildman–Crippen MR) is 83.7 cm³/mol. The van der Waals surface area contributed by atoms with Crippen LogP contribution in [0.5, 0.6) is 0 Å². The second-order valence-corrected chi connectivity index (χ2v) is 6.72. The van der Waals surface area contributed by atoms with Gasteiger partial charge in [-0.05, 0) is 37.8 Å². The molecule has 1 aliphatic heterocycles. The van der Waals surface area contributed by atoms with E-state index in [0.717, 1.165) is 37.8 Å². The summed E-state index contributed by atoms with van der Waals surface area (Å²) in [5, 5.41) is 0. The van der Waals surface area contributed by atoms with Gasteiger partial charge in [-0.3, -0.25) is 9.80 Å². The van der Waals surface area contributed by atoms with Crippen molar-refractivity contribution in [1.82, 2.24) is 9.80 Å². The van der Waals surface area contributed by atoms with Gasteiger partial charge in [-0.2, -0.15) is 0 Å². The van der Waals surface area contributed by atoms with Gasteiger partial charge in [0, 0.05) is 44.3 Å². The van der Waals surface area contributed by atoms with Crippen LogP contribution in [0.25, 0.3) is 0 Å². The average molecular weight is 291 g/mol. The van der Waals surface area contributed by atoms with E-state index in [4.69, 9.17) is 5.73 Å². The van der Waals surface area contributed by atoms with Crippen LogP contribution in [0.4, 0.5) is 4.39 Å². The van der Waals surface area contributed by atoms with E-state index in [1.807, 2.05) is 12.1 Å². The zero-order valence-electron chi connectivity index (χ0n) is 12.9. The molecule has 1 saturated heterocycles. The summed E-state index contributed by atoms with van der Waals surface area (Å²) in [5.41, 5.74) is 6.68. The molecule has 0 bridgehead atoms. The highest BCUT2D eigenvalue weighted by atomic mass is 19.1. The molecule has 1 atom stereocenters. The van der Waals surface area contributed by atoms with Gasteiger partial charge in [0.25, 0.3) is 0 Å². The standard InChI is InChI=1S/C17H26FN3/c1-17(13-19,12-14-4-2-3-5-16(14)18)21-10-8-20(9-11-21)15-6-7-15/h2-5,15H,6-13,19H2,1H3. The van der Waals surface area contributed by atoms with Crippen LogP contribution in [0.2, 0.25) is 0 Å². The summed E-state index contributed by atoms with van der Waals surface area (Å²) in [5.74, 6) is -0.117. The van der Waals surface area contributed by atoms with Crippen LogP contribution in [0, 0.1) is 5.82 Å². The van der Waals surface area contributed by atoms with Crippen LogP contribution in [-0.2, 0) is 6.42 Å². The van der Waals surface area contributed by atoms with E-state index in [9.17, 15) is 4.39 Å². The largest absolute Gasteiger partial charge is 0.329 e. The Morgan fingerprint density at radius 1 is 1.19 bits per heavy atom. The van der Waals surface area contributed by atoms with Gasteiger partial charge in [0.2, 0.25) is 0 Å². The smallest absolute Gasteiger partial charge is 0.126 e. The normalized spacial score (nSPS) is 24.0. The van der Waals surface area contributed by atoms with E-state index in [2.05, 4.69) is 16.7 Å². The number of halogens is 1. The third kappa shape index (κ3) is 3.28. The molecule has 0 radical (unpaired) electrons. The molecule has 116 valence electrons. The summed E-state index contributed by atoms with van der Waals surface area (Å²) in [7, 11) is 0. The number of benzene rings is 1. The number of hydrogen-bond donors (Lipinski definition) is 1. The Morgan fingerprint density at radius 3 is 2.43 bits per heavy atom. The van der Waals surface area contributed by atoms with Crippen LogP contribution in [0.3, 0.4) is 0 Å². The zero-order chi connectivity index (χ0) is 14.9. The van der Waals surface area contributed by atoms with Crippen molar-refractivity contribution in [1.29, 1.82) is 0 Å². The molecule has 0 aromatic heterocycles. The monoisotopic (exact) mass is 291 g/mol. The van der Waals surface area contributed by atoms with E-state index in [1.165, 1.54) is 18.9 Å². The lowest BCUT2D eigenvalue weighted by Gasteiger charge is -2.46. The molecule has 1 unspecified atom stereocenters. The summed E-state index contributed by atoms with van der Waals surface area (Å²) in [6.07, 6.45) is 3.41. The van der Waals surface area contributed by atoms with Crippen molar-refractivity contribution >= 4 is 0 Å². The molecule has 0 spiro atoms. The highest BCUT2D eigenvalue weighted by molar-refractivity contribution is 5.20. The first-order valence-electron chi connectivity index (χ1n) is 8.05. The Labute approximate surface area is 126 Å². The molecular formula is C17H26FN3. The average Bonchev–Trinajstić information content (AvgIpc) is 3.34. The Balaban J connectivity index is 1.66. The van der Waals surface area contributed by atoms with Crippen molar-refractivity contribution < 1.29 is 4.39 Å². The zero-order valence-corrected chi connectivity index (χ0v) is 12.9. The van der Waals surface area contributed by atoms with Gasteiger partial charge in [-0.25, -0.2) is 4.39 Å². The first-order chi connectivity index (χ1) is 10.1. The quantitative estimate of drug-likeness (QED) is 0.899. The van der Waals surface area contributed by atoms with Gasteiger partial charge in [-0.15, -0.1) is 0 Å². The van der Waals surface area contributed by atoms with Crippen molar-refractivity contribution in [2.75, 3.05) is 32.7 Å². The van der Waals surface area contributed by atoms with E-state index >= 15 is 0 Å². The second kappa shape index (κ2) is 6.03. The number of rotatable bonds is 5. The van der Waals surface area contributed by atoms with Crippen molar-refractivity contribution in [2.45, 2.75) is 37.8 Å². The lowest BCUT2D eigenvalue weighted by Crippen LogP contribution is -2.60. The second-order valence-electron chi connectivity index (χ2n) is 6.72. The third-order valence-corrected chi connectivity index (χ3v) is 5.11. The van der Waals surface area contributed by atoms with E-state index in [0.29, 0.717) is 13.0 Å². The lowest BCUT2D eigenvalue weighted by molar-refractivity contribution is 0.0431.